The quantitative estimate of drug-likeness (QED) is 0.669. The van der Waals surface area contributed by atoms with Crippen LogP contribution in [0.1, 0.15) is 20.7 Å². The molecular weight excluding hydrogens is 453 g/mol. The number of rotatable bonds is 4. The van der Waals surface area contributed by atoms with Crippen molar-refractivity contribution in [2.75, 3.05) is 14.2 Å². The van der Waals surface area contributed by atoms with Gasteiger partial charge in [0.05, 0.1) is 28.9 Å². The molecule has 2 aromatic rings. The number of hydrogen-bond donors (Lipinski definition) is 2. The summed E-state index contributed by atoms with van der Waals surface area (Å²) in [7, 11) is 2.78. The zero-order valence-corrected chi connectivity index (χ0v) is 15.2. The van der Waals surface area contributed by atoms with Gasteiger partial charge in [-0.1, -0.05) is 0 Å². The maximum atomic E-state index is 13.0. The van der Waals surface area contributed by atoms with Crippen LogP contribution in [0.15, 0.2) is 30.3 Å². The highest BCUT2D eigenvalue weighted by molar-refractivity contribution is 14.1. The van der Waals surface area contributed by atoms with Crippen LogP contribution in [0.25, 0.3) is 0 Å². The first-order chi connectivity index (χ1) is 11.7. The van der Waals surface area contributed by atoms with E-state index >= 15 is 0 Å². The first-order valence-corrected chi connectivity index (χ1v) is 7.62. The summed E-state index contributed by atoms with van der Waals surface area (Å²) in [5.74, 6) is -3.50. The van der Waals surface area contributed by atoms with Crippen LogP contribution in [-0.2, 0) is 0 Å². The Morgan fingerprint density at radius 2 is 1.48 bits per heavy atom. The largest absolute Gasteiger partial charge is 0.497 e. The topological polar surface area (TPSA) is 93.1 Å². The van der Waals surface area contributed by atoms with Gasteiger partial charge in [-0.05, 0) is 40.8 Å². The molecule has 6 nitrogen and oxygen atoms in total. The maximum Gasteiger partial charge on any atom is 0.338 e. The van der Waals surface area contributed by atoms with Gasteiger partial charge < -0.3 is 19.7 Å². The normalized spacial score (nSPS) is 9.64. The first-order valence-electron chi connectivity index (χ1n) is 6.54. The average Bonchev–Trinajstić information content (AvgIpc) is 2.56. The van der Waals surface area contributed by atoms with Crippen LogP contribution < -0.4 is 9.47 Å². The van der Waals surface area contributed by atoms with Gasteiger partial charge in [0.2, 0.25) is 0 Å². The Labute approximate surface area is 155 Å². The Balaban J connectivity index is 0.000000251. The summed E-state index contributed by atoms with van der Waals surface area (Å²) in [4.78, 5) is 20.8. The minimum atomic E-state index is -1.28. The van der Waals surface area contributed by atoms with Crippen LogP contribution in [0.3, 0.4) is 0 Å². The van der Waals surface area contributed by atoms with Gasteiger partial charge in [0, 0.05) is 12.1 Å². The number of carboxylic acid groups (broad SMARTS) is 2. The number of hydrogen-bond acceptors (Lipinski definition) is 4. The number of ether oxygens (including phenoxy) is 2. The molecule has 0 aliphatic carbocycles. The van der Waals surface area contributed by atoms with Gasteiger partial charge in [0.1, 0.15) is 23.1 Å². The molecule has 134 valence electrons. The second-order valence-electron chi connectivity index (χ2n) is 4.42. The number of benzene rings is 2. The van der Waals surface area contributed by atoms with E-state index in [4.69, 9.17) is 19.7 Å². The third kappa shape index (κ3) is 5.55. The Kier molecular flexibility index (Phi) is 7.55. The monoisotopic (exact) mass is 466 g/mol. The maximum absolute atomic E-state index is 13.0. The smallest absolute Gasteiger partial charge is 0.338 e. The highest BCUT2D eigenvalue weighted by Crippen LogP contribution is 2.24. The molecule has 25 heavy (non-hydrogen) atoms. The number of methoxy groups -OCH3 is 2. The van der Waals surface area contributed by atoms with Crippen molar-refractivity contribution in [2.24, 2.45) is 0 Å². The van der Waals surface area contributed by atoms with Crippen molar-refractivity contribution in [3.8, 4) is 11.5 Å². The molecule has 0 heterocycles. The van der Waals surface area contributed by atoms with E-state index in [0.717, 1.165) is 18.2 Å². The summed E-state index contributed by atoms with van der Waals surface area (Å²) in [6.07, 6.45) is 0. The third-order valence-electron chi connectivity index (χ3n) is 2.88. The van der Waals surface area contributed by atoms with Crippen molar-refractivity contribution in [3.63, 3.8) is 0 Å². The van der Waals surface area contributed by atoms with E-state index in [2.05, 4.69) is 0 Å². The van der Waals surface area contributed by atoms with Gasteiger partial charge in [-0.3, -0.25) is 0 Å². The van der Waals surface area contributed by atoms with E-state index in [1.165, 1.54) is 26.4 Å². The Morgan fingerprint density at radius 1 is 0.920 bits per heavy atom. The van der Waals surface area contributed by atoms with Crippen molar-refractivity contribution >= 4 is 34.5 Å². The standard InChI is InChI=1S/C8H6FIO3.C8H7FO3/c1-13-7-3-5(9)4(8(11)12)2-6(7)10;1-12-5-2-3-6(8(10)11)7(9)4-5/h2-3H,1H3,(H,11,12);2-4H,1H3,(H,10,11). The molecule has 0 saturated heterocycles. The van der Waals surface area contributed by atoms with Gasteiger partial charge in [-0.25, -0.2) is 18.4 Å². The second kappa shape index (κ2) is 9.16. The van der Waals surface area contributed by atoms with Gasteiger partial charge in [-0.15, -0.1) is 0 Å². The van der Waals surface area contributed by atoms with Crippen LogP contribution in [-0.4, -0.2) is 36.4 Å². The highest BCUT2D eigenvalue weighted by atomic mass is 127. The molecule has 0 spiro atoms. The summed E-state index contributed by atoms with van der Waals surface area (Å²) in [5, 5.41) is 17.0. The van der Waals surface area contributed by atoms with E-state index in [1.807, 2.05) is 22.6 Å². The fourth-order valence-electron chi connectivity index (χ4n) is 1.65. The summed E-state index contributed by atoms with van der Waals surface area (Å²) in [6.45, 7) is 0. The molecule has 0 unspecified atom stereocenters. The first kappa shape index (κ1) is 20.6. The van der Waals surface area contributed by atoms with E-state index in [1.54, 1.807) is 0 Å². The zero-order chi connectivity index (χ0) is 19.1. The molecule has 0 aliphatic heterocycles. The average molecular weight is 466 g/mol. The molecule has 0 bridgehead atoms. The minimum absolute atomic E-state index is 0.303. The molecule has 2 rings (SSSR count). The predicted octanol–water partition coefficient (Wildman–Crippen LogP) is 3.67. The van der Waals surface area contributed by atoms with Crippen LogP contribution in [0.5, 0.6) is 11.5 Å². The molecule has 0 aliphatic rings. The van der Waals surface area contributed by atoms with Crippen LogP contribution >= 0.6 is 22.6 Å². The molecule has 2 aromatic carbocycles. The number of aromatic carboxylic acids is 2. The van der Waals surface area contributed by atoms with Gasteiger partial charge >= 0.3 is 11.9 Å². The lowest BCUT2D eigenvalue weighted by molar-refractivity contribution is 0.0680. The fourth-order valence-corrected chi connectivity index (χ4v) is 2.33. The number of carbonyl (C=O) groups is 2. The van der Waals surface area contributed by atoms with Crippen molar-refractivity contribution in [2.45, 2.75) is 0 Å². The summed E-state index contributed by atoms with van der Waals surface area (Å²) in [6, 6.07) is 5.88. The molecule has 2 N–H and O–H groups in total. The Hall–Kier alpha value is -2.43. The summed E-state index contributed by atoms with van der Waals surface area (Å²) in [5.41, 5.74) is -0.694. The van der Waals surface area contributed by atoms with Crippen molar-refractivity contribution in [3.05, 3.63) is 56.7 Å². The molecule has 0 atom stereocenters. The molecular formula is C16H13F2IO6. The lowest BCUT2D eigenvalue weighted by Gasteiger charge is -2.04. The van der Waals surface area contributed by atoms with E-state index in [-0.39, 0.29) is 11.1 Å². The van der Waals surface area contributed by atoms with Crippen molar-refractivity contribution in [1.29, 1.82) is 0 Å². The number of halogens is 3. The van der Waals surface area contributed by atoms with Crippen molar-refractivity contribution < 1.29 is 38.1 Å². The Morgan fingerprint density at radius 3 is 1.92 bits per heavy atom. The molecule has 0 radical (unpaired) electrons. The lowest BCUT2D eigenvalue weighted by atomic mass is 10.2. The molecule has 0 amide bonds. The fraction of sp³-hybridized carbons (Fsp3) is 0.125. The van der Waals surface area contributed by atoms with Crippen molar-refractivity contribution in [1.82, 2.24) is 0 Å². The summed E-state index contributed by atoms with van der Waals surface area (Å²) < 4.78 is 35.9. The SMILES string of the molecule is COc1cc(F)c(C(=O)O)cc1I.COc1ccc(C(=O)O)c(F)c1. The van der Waals surface area contributed by atoms with Crippen LogP contribution in [0.4, 0.5) is 8.78 Å². The third-order valence-corrected chi connectivity index (χ3v) is 3.72. The highest BCUT2D eigenvalue weighted by Gasteiger charge is 2.13. The van der Waals surface area contributed by atoms with Gasteiger partial charge in [0.15, 0.2) is 0 Å². The molecule has 9 heteroatoms. The minimum Gasteiger partial charge on any atom is -0.497 e. The van der Waals surface area contributed by atoms with E-state index in [9.17, 15) is 18.4 Å². The molecule has 0 fully saturated rings. The van der Waals surface area contributed by atoms with Crippen LogP contribution in [0.2, 0.25) is 0 Å². The summed E-state index contributed by atoms with van der Waals surface area (Å²) >= 11 is 1.88. The predicted molar refractivity (Wildman–Crippen MR) is 92.5 cm³/mol. The zero-order valence-electron chi connectivity index (χ0n) is 13.0. The van der Waals surface area contributed by atoms with E-state index < -0.39 is 23.6 Å². The molecule has 0 saturated carbocycles. The van der Waals surface area contributed by atoms with Crippen LogP contribution in [0, 0.1) is 15.2 Å². The lowest BCUT2D eigenvalue weighted by Crippen LogP contribution is -2.02. The Bertz CT molecular complexity index is 794. The second-order valence-corrected chi connectivity index (χ2v) is 5.58. The number of carboxylic acids is 2. The van der Waals surface area contributed by atoms with Gasteiger partial charge in [0.25, 0.3) is 0 Å². The molecule has 0 aromatic heterocycles. The van der Waals surface area contributed by atoms with E-state index in [0.29, 0.717) is 15.1 Å². The van der Waals surface area contributed by atoms with Gasteiger partial charge in [-0.2, -0.15) is 0 Å².